The Morgan fingerprint density at radius 2 is 1.26 bits per heavy atom. The van der Waals surface area contributed by atoms with Crippen LogP contribution in [-0.2, 0) is 14.3 Å². The number of unbranched alkanes of at least 4 members (excludes halogenated alkanes) is 13. The Kier molecular flexibility index (Phi) is 18.9. The van der Waals surface area contributed by atoms with E-state index in [1.54, 1.807) is 0 Å². The van der Waals surface area contributed by atoms with Crippen LogP contribution in [0.25, 0.3) is 0 Å². The first-order valence-electron chi connectivity index (χ1n) is 13.0. The molecule has 0 bridgehead atoms. The molecule has 1 atom stereocenters. The molecular weight excluding hydrogens is 390 g/mol. The van der Waals surface area contributed by atoms with Gasteiger partial charge in [0, 0.05) is 13.3 Å². The standard InChI is InChI=1S/C26H51NO4/c1-5-6-7-8-9-10-11-12-13-14-15-17-20-25(31-24(2)28)23-27(3,4)22-19-16-18-21-26(29)30/h25H,5-23H2,1-4H3/p+1. The number of ether oxygens (including phenoxy) is 1. The van der Waals surface area contributed by atoms with Gasteiger partial charge in [0.25, 0.3) is 0 Å². The summed E-state index contributed by atoms with van der Waals surface area (Å²) in [6.45, 7) is 5.58. The quantitative estimate of drug-likeness (QED) is 0.115. The molecule has 0 rings (SSSR count). The van der Waals surface area contributed by atoms with Crippen molar-refractivity contribution in [1.82, 2.24) is 0 Å². The molecule has 5 heteroatoms. The van der Waals surface area contributed by atoms with Gasteiger partial charge in [0.2, 0.25) is 0 Å². The molecule has 0 aromatic rings. The predicted molar refractivity (Wildman–Crippen MR) is 129 cm³/mol. The fourth-order valence-corrected chi connectivity index (χ4v) is 4.27. The first-order valence-corrected chi connectivity index (χ1v) is 13.0. The van der Waals surface area contributed by atoms with Gasteiger partial charge in [-0.3, -0.25) is 9.59 Å². The van der Waals surface area contributed by atoms with Crippen molar-refractivity contribution in [3.8, 4) is 0 Å². The molecule has 31 heavy (non-hydrogen) atoms. The Morgan fingerprint density at radius 3 is 1.74 bits per heavy atom. The van der Waals surface area contributed by atoms with Crippen LogP contribution >= 0.6 is 0 Å². The predicted octanol–water partition coefficient (Wildman–Crippen LogP) is 6.73. The summed E-state index contributed by atoms with van der Waals surface area (Å²) in [4.78, 5) is 22.1. The van der Waals surface area contributed by atoms with Gasteiger partial charge in [0.1, 0.15) is 6.54 Å². The SMILES string of the molecule is CCCCCCCCCCCCCCC(C[N+](C)(C)CCCCCC(=O)O)OC(C)=O. The van der Waals surface area contributed by atoms with Gasteiger partial charge >= 0.3 is 11.9 Å². The molecule has 1 N–H and O–H groups in total. The van der Waals surface area contributed by atoms with Gasteiger partial charge in [-0.15, -0.1) is 0 Å². The van der Waals surface area contributed by atoms with E-state index in [9.17, 15) is 9.59 Å². The van der Waals surface area contributed by atoms with E-state index in [0.717, 1.165) is 49.7 Å². The third-order valence-corrected chi connectivity index (χ3v) is 6.06. The average molecular weight is 443 g/mol. The number of likely N-dealkylation sites (N-methyl/N-ethyl adjacent to an activating group) is 1. The maximum absolute atomic E-state index is 11.5. The number of hydrogen-bond acceptors (Lipinski definition) is 3. The summed E-state index contributed by atoms with van der Waals surface area (Å²) in [6.07, 6.45) is 19.8. The van der Waals surface area contributed by atoms with Crippen molar-refractivity contribution in [3.63, 3.8) is 0 Å². The average Bonchev–Trinajstić information content (AvgIpc) is 2.67. The lowest BCUT2D eigenvalue weighted by Gasteiger charge is -2.33. The highest BCUT2D eigenvalue weighted by molar-refractivity contribution is 5.66. The zero-order valence-electron chi connectivity index (χ0n) is 21.1. The maximum atomic E-state index is 11.5. The first-order chi connectivity index (χ1) is 14.8. The molecule has 0 aromatic heterocycles. The molecule has 184 valence electrons. The number of quaternary nitrogens is 1. The van der Waals surface area contributed by atoms with Crippen molar-refractivity contribution >= 4 is 11.9 Å². The summed E-state index contributed by atoms with van der Waals surface area (Å²) < 4.78 is 6.42. The van der Waals surface area contributed by atoms with Crippen LogP contribution < -0.4 is 0 Å². The van der Waals surface area contributed by atoms with Gasteiger partial charge in [0.15, 0.2) is 6.10 Å². The highest BCUT2D eigenvalue weighted by Crippen LogP contribution is 2.16. The largest absolute Gasteiger partial charge is 0.481 e. The normalized spacial score (nSPS) is 12.6. The van der Waals surface area contributed by atoms with Crippen molar-refractivity contribution in [2.24, 2.45) is 0 Å². The molecule has 0 radical (unpaired) electrons. The van der Waals surface area contributed by atoms with Crippen LogP contribution in [-0.4, -0.2) is 54.8 Å². The van der Waals surface area contributed by atoms with Crippen molar-refractivity contribution in [2.45, 2.75) is 129 Å². The van der Waals surface area contributed by atoms with Crippen LogP contribution in [0.3, 0.4) is 0 Å². The zero-order chi connectivity index (χ0) is 23.4. The van der Waals surface area contributed by atoms with E-state index in [1.807, 2.05) is 0 Å². The number of carboxylic acids is 1. The van der Waals surface area contributed by atoms with Gasteiger partial charge in [0.05, 0.1) is 20.6 Å². The Labute approximate surface area is 192 Å². The second-order valence-electron chi connectivity index (χ2n) is 9.96. The fraction of sp³-hybridized carbons (Fsp3) is 0.923. The van der Waals surface area contributed by atoms with Crippen LogP contribution in [0.5, 0.6) is 0 Å². The molecular formula is C26H52NO4+. The van der Waals surface area contributed by atoms with Crippen LogP contribution in [0.2, 0.25) is 0 Å². The molecule has 0 aromatic carbocycles. The third-order valence-electron chi connectivity index (χ3n) is 6.06. The third kappa shape index (κ3) is 21.9. The van der Waals surface area contributed by atoms with Crippen molar-refractivity contribution in [2.75, 3.05) is 27.2 Å². The maximum Gasteiger partial charge on any atom is 0.303 e. The van der Waals surface area contributed by atoms with E-state index in [1.165, 1.54) is 77.6 Å². The van der Waals surface area contributed by atoms with Crippen molar-refractivity contribution < 1.29 is 23.9 Å². The Balaban J connectivity index is 3.91. The minimum absolute atomic E-state index is 0.0189. The zero-order valence-corrected chi connectivity index (χ0v) is 21.1. The Morgan fingerprint density at radius 1 is 0.774 bits per heavy atom. The Hall–Kier alpha value is -1.10. The molecule has 0 aliphatic rings. The fourth-order valence-electron chi connectivity index (χ4n) is 4.27. The number of carbonyl (C=O) groups is 2. The van der Waals surface area contributed by atoms with E-state index in [-0.39, 0.29) is 18.5 Å². The number of rotatable bonds is 22. The second-order valence-corrected chi connectivity index (χ2v) is 9.96. The molecule has 1 unspecified atom stereocenters. The van der Waals surface area contributed by atoms with Crippen molar-refractivity contribution in [3.05, 3.63) is 0 Å². The highest BCUT2D eigenvalue weighted by Gasteiger charge is 2.23. The summed E-state index contributed by atoms with van der Waals surface area (Å²) in [5, 5.41) is 8.73. The molecule has 0 fully saturated rings. The second kappa shape index (κ2) is 19.6. The van der Waals surface area contributed by atoms with Crippen LogP contribution in [0.4, 0.5) is 0 Å². The molecule has 0 heterocycles. The molecule has 0 saturated heterocycles. The van der Waals surface area contributed by atoms with Gasteiger partial charge in [-0.25, -0.2) is 0 Å². The number of aliphatic carboxylic acids is 1. The smallest absolute Gasteiger partial charge is 0.303 e. The lowest BCUT2D eigenvalue weighted by molar-refractivity contribution is -0.893. The van der Waals surface area contributed by atoms with Gasteiger partial charge in [-0.2, -0.15) is 0 Å². The van der Waals surface area contributed by atoms with Gasteiger partial charge < -0.3 is 14.3 Å². The number of carboxylic acid groups (broad SMARTS) is 1. The van der Waals surface area contributed by atoms with E-state index in [2.05, 4.69) is 21.0 Å². The number of esters is 1. The number of carbonyl (C=O) groups excluding carboxylic acids is 1. The molecule has 0 aliphatic carbocycles. The van der Waals surface area contributed by atoms with Crippen LogP contribution in [0, 0.1) is 0 Å². The lowest BCUT2D eigenvalue weighted by atomic mass is 10.0. The van der Waals surface area contributed by atoms with Crippen LogP contribution in [0.1, 0.15) is 123 Å². The monoisotopic (exact) mass is 442 g/mol. The highest BCUT2D eigenvalue weighted by atomic mass is 16.5. The van der Waals surface area contributed by atoms with E-state index < -0.39 is 5.97 Å². The molecule has 5 nitrogen and oxygen atoms in total. The van der Waals surface area contributed by atoms with Gasteiger partial charge in [-0.1, -0.05) is 77.6 Å². The van der Waals surface area contributed by atoms with E-state index >= 15 is 0 Å². The summed E-state index contributed by atoms with van der Waals surface area (Å²) in [5.41, 5.74) is 0. The first kappa shape index (κ1) is 29.9. The number of hydrogen-bond donors (Lipinski definition) is 1. The summed E-state index contributed by atoms with van der Waals surface area (Å²) in [7, 11) is 4.35. The Bertz CT molecular complexity index is 451. The van der Waals surface area contributed by atoms with Gasteiger partial charge in [-0.05, 0) is 32.1 Å². The minimum Gasteiger partial charge on any atom is -0.481 e. The van der Waals surface area contributed by atoms with Crippen LogP contribution in [0.15, 0.2) is 0 Å². The molecule has 0 aliphatic heterocycles. The molecule has 0 amide bonds. The van der Waals surface area contributed by atoms with E-state index in [0.29, 0.717) is 0 Å². The molecule has 0 saturated carbocycles. The summed E-state index contributed by atoms with van der Waals surface area (Å²) in [5.74, 6) is -0.906. The topological polar surface area (TPSA) is 63.6 Å². The number of nitrogens with zero attached hydrogens (tertiary/aromatic N) is 1. The van der Waals surface area contributed by atoms with Crippen molar-refractivity contribution in [1.29, 1.82) is 0 Å². The lowest BCUT2D eigenvalue weighted by Crippen LogP contribution is -2.47. The summed E-state index contributed by atoms with van der Waals surface area (Å²) >= 11 is 0. The van der Waals surface area contributed by atoms with E-state index in [4.69, 9.17) is 9.84 Å². The minimum atomic E-state index is -0.717. The summed E-state index contributed by atoms with van der Waals surface area (Å²) in [6, 6.07) is 0. The molecule has 0 spiro atoms.